The van der Waals surface area contributed by atoms with E-state index < -0.39 is 0 Å². The fourth-order valence-electron chi connectivity index (χ4n) is 2.62. The summed E-state index contributed by atoms with van der Waals surface area (Å²) in [6.07, 6.45) is 2.74. The zero-order chi connectivity index (χ0) is 13.9. The van der Waals surface area contributed by atoms with Gasteiger partial charge in [0.25, 0.3) is 0 Å². The Morgan fingerprint density at radius 2 is 2.10 bits per heavy atom. The van der Waals surface area contributed by atoms with Crippen LogP contribution in [-0.2, 0) is 31.4 Å². The maximum atomic E-state index is 12.2. The van der Waals surface area contributed by atoms with Gasteiger partial charge >= 0.3 is 0 Å². The first kappa shape index (κ1) is 12.9. The molecule has 1 aromatic heterocycles. The van der Waals surface area contributed by atoms with E-state index in [4.69, 9.17) is 0 Å². The molecule has 0 saturated carbocycles. The van der Waals surface area contributed by atoms with E-state index in [2.05, 4.69) is 22.8 Å². The number of hydrogen-bond donors (Lipinski definition) is 2. The van der Waals surface area contributed by atoms with E-state index in [0.717, 1.165) is 18.7 Å². The van der Waals surface area contributed by atoms with Crippen molar-refractivity contribution in [2.24, 2.45) is 7.05 Å². The lowest BCUT2D eigenvalue weighted by atomic mass is 9.95. The van der Waals surface area contributed by atoms with Gasteiger partial charge in [-0.2, -0.15) is 0 Å². The fraction of sp³-hybridized carbons (Fsp3) is 0.312. The van der Waals surface area contributed by atoms with Crippen molar-refractivity contribution in [1.29, 1.82) is 0 Å². The number of amides is 1. The van der Waals surface area contributed by atoms with Crippen LogP contribution in [0.1, 0.15) is 16.8 Å². The molecule has 1 unspecified atom stereocenters. The monoisotopic (exact) mass is 269 g/mol. The third kappa shape index (κ3) is 2.60. The largest absolute Gasteiger partial charge is 0.353 e. The van der Waals surface area contributed by atoms with Crippen LogP contribution in [0.4, 0.5) is 0 Å². The summed E-state index contributed by atoms with van der Waals surface area (Å²) in [5, 5.41) is 6.31. The van der Waals surface area contributed by atoms with Crippen LogP contribution in [0.5, 0.6) is 0 Å². The van der Waals surface area contributed by atoms with Crippen molar-refractivity contribution in [3.63, 3.8) is 0 Å². The standard InChI is InChI=1S/C16H19N3O/c1-19-8-4-7-14(19)11-18-16(20)15-9-12-5-2-3-6-13(12)10-17-15/h2-8,15,17H,9-11H2,1H3,(H,18,20). The maximum absolute atomic E-state index is 12.2. The number of nitrogens with one attached hydrogen (secondary N) is 2. The molecular formula is C16H19N3O. The zero-order valence-corrected chi connectivity index (χ0v) is 11.6. The van der Waals surface area contributed by atoms with Gasteiger partial charge in [-0.1, -0.05) is 24.3 Å². The number of aryl methyl sites for hydroxylation is 1. The molecule has 2 N–H and O–H groups in total. The minimum atomic E-state index is -0.134. The molecular weight excluding hydrogens is 250 g/mol. The molecule has 0 bridgehead atoms. The minimum Gasteiger partial charge on any atom is -0.353 e. The van der Waals surface area contributed by atoms with Crippen LogP contribution in [0.2, 0.25) is 0 Å². The van der Waals surface area contributed by atoms with Crippen molar-refractivity contribution in [3.05, 3.63) is 59.4 Å². The Morgan fingerprint density at radius 3 is 2.85 bits per heavy atom. The van der Waals surface area contributed by atoms with E-state index in [1.807, 2.05) is 42.1 Å². The number of rotatable bonds is 3. The van der Waals surface area contributed by atoms with Crippen LogP contribution in [-0.4, -0.2) is 16.5 Å². The van der Waals surface area contributed by atoms with Crippen molar-refractivity contribution in [3.8, 4) is 0 Å². The molecule has 0 fully saturated rings. The van der Waals surface area contributed by atoms with E-state index in [-0.39, 0.29) is 11.9 Å². The molecule has 0 aliphatic carbocycles. The first-order chi connectivity index (χ1) is 9.74. The molecule has 2 heterocycles. The molecule has 1 aromatic carbocycles. The SMILES string of the molecule is Cn1cccc1CNC(=O)C1Cc2ccccc2CN1. The van der Waals surface area contributed by atoms with Crippen LogP contribution >= 0.6 is 0 Å². The van der Waals surface area contributed by atoms with Crippen molar-refractivity contribution < 1.29 is 4.79 Å². The molecule has 20 heavy (non-hydrogen) atoms. The highest BCUT2D eigenvalue weighted by molar-refractivity contribution is 5.82. The van der Waals surface area contributed by atoms with Crippen molar-refractivity contribution in [2.45, 2.75) is 25.6 Å². The molecule has 1 aliphatic rings. The maximum Gasteiger partial charge on any atom is 0.237 e. The molecule has 0 radical (unpaired) electrons. The van der Waals surface area contributed by atoms with Gasteiger partial charge in [0.2, 0.25) is 5.91 Å². The van der Waals surface area contributed by atoms with Gasteiger partial charge in [-0.15, -0.1) is 0 Å². The number of nitrogens with zero attached hydrogens (tertiary/aromatic N) is 1. The number of hydrogen-bond acceptors (Lipinski definition) is 2. The molecule has 1 aliphatic heterocycles. The van der Waals surface area contributed by atoms with Crippen LogP contribution in [0.3, 0.4) is 0 Å². The summed E-state index contributed by atoms with van der Waals surface area (Å²) in [4.78, 5) is 12.2. The second kappa shape index (κ2) is 5.51. The summed E-state index contributed by atoms with van der Waals surface area (Å²) in [5.74, 6) is 0.0701. The molecule has 1 amide bonds. The smallest absolute Gasteiger partial charge is 0.237 e. The molecule has 0 saturated heterocycles. The average molecular weight is 269 g/mol. The Labute approximate surface area is 118 Å². The van der Waals surface area contributed by atoms with Crippen LogP contribution in [0.25, 0.3) is 0 Å². The number of carbonyl (C=O) groups is 1. The summed E-state index contributed by atoms with van der Waals surface area (Å²) in [6.45, 7) is 1.33. The zero-order valence-electron chi connectivity index (χ0n) is 11.6. The van der Waals surface area contributed by atoms with E-state index in [1.165, 1.54) is 11.1 Å². The number of benzene rings is 1. The number of aromatic nitrogens is 1. The van der Waals surface area contributed by atoms with Crippen LogP contribution < -0.4 is 10.6 Å². The van der Waals surface area contributed by atoms with Gasteiger partial charge in [-0.25, -0.2) is 0 Å². The second-order valence-electron chi connectivity index (χ2n) is 5.23. The first-order valence-corrected chi connectivity index (χ1v) is 6.92. The van der Waals surface area contributed by atoms with Gasteiger partial charge in [0.05, 0.1) is 12.6 Å². The van der Waals surface area contributed by atoms with E-state index in [9.17, 15) is 4.79 Å². The third-order valence-electron chi connectivity index (χ3n) is 3.89. The highest BCUT2D eigenvalue weighted by atomic mass is 16.2. The van der Waals surface area contributed by atoms with Crippen molar-refractivity contribution in [2.75, 3.05) is 0 Å². The van der Waals surface area contributed by atoms with E-state index in [1.54, 1.807) is 0 Å². The van der Waals surface area contributed by atoms with Crippen LogP contribution in [0.15, 0.2) is 42.6 Å². The Hall–Kier alpha value is -2.07. The molecule has 0 spiro atoms. The predicted molar refractivity (Wildman–Crippen MR) is 78.0 cm³/mol. The Bertz CT molecular complexity index is 618. The molecule has 104 valence electrons. The van der Waals surface area contributed by atoms with Gasteiger partial charge in [0.1, 0.15) is 0 Å². The third-order valence-corrected chi connectivity index (χ3v) is 3.89. The first-order valence-electron chi connectivity index (χ1n) is 6.92. The molecule has 4 heteroatoms. The number of carbonyl (C=O) groups excluding carboxylic acids is 1. The summed E-state index contributed by atoms with van der Waals surface area (Å²) >= 11 is 0. The van der Waals surface area contributed by atoms with Gasteiger partial charge in [-0.05, 0) is 29.7 Å². The second-order valence-corrected chi connectivity index (χ2v) is 5.23. The number of fused-ring (bicyclic) bond motifs is 1. The summed E-state index contributed by atoms with van der Waals surface area (Å²) in [6, 6.07) is 12.2. The Balaban J connectivity index is 1.60. The van der Waals surface area contributed by atoms with E-state index in [0.29, 0.717) is 6.54 Å². The van der Waals surface area contributed by atoms with Gasteiger partial charge in [0.15, 0.2) is 0 Å². The highest BCUT2D eigenvalue weighted by Gasteiger charge is 2.23. The van der Waals surface area contributed by atoms with Crippen molar-refractivity contribution in [1.82, 2.24) is 15.2 Å². The lowest BCUT2D eigenvalue weighted by molar-refractivity contribution is -0.123. The molecule has 4 nitrogen and oxygen atoms in total. The minimum absolute atomic E-state index is 0.0701. The summed E-state index contributed by atoms with van der Waals surface area (Å²) in [7, 11) is 1.98. The topological polar surface area (TPSA) is 46.1 Å². The molecule has 2 aromatic rings. The lowest BCUT2D eigenvalue weighted by Gasteiger charge is -2.25. The summed E-state index contributed by atoms with van der Waals surface area (Å²) < 4.78 is 2.02. The highest BCUT2D eigenvalue weighted by Crippen LogP contribution is 2.16. The molecule has 1 atom stereocenters. The van der Waals surface area contributed by atoms with Crippen molar-refractivity contribution >= 4 is 5.91 Å². The summed E-state index contributed by atoms with van der Waals surface area (Å²) in [5.41, 5.74) is 3.67. The molecule has 3 rings (SSSR count). The van der Waals surface area contributed by atoms with Crippen LogP contribution in [0, 0.1) is 0 Å². The van der Waals surface area contributed by atoms with Gasteiger partial charge in [0, 0.05) is 25.5 Å². The fourth-order valence-corrected chi connectivity index (χ4v) is 2.62. The Morgan fingerprint density at radius 1 is 1.30 bits per heavy atom. The van der Waals surface area contributed by atoms with Gasteiger partial charge < -0.3 is 15.2 Å². The quantitative estimate of drug-likeness (QED) is 0.883. The normalized spacial score (nSPS) is 17.6. The van der Waals surface area contributed by atoms with Gasteiger partial charge in [-0.3, -0.25) is 4.79 Å². The van der Waals surface area contributed by atoms with E-state index >= 15 is 0 Å². The Kier molecular flexibility index (Phi) is 3.56. The average Bonchev–Trinajstić information content (AvgIpc) is 2.89. The lowest BCUT2D eigenvalue weighted by Crippen LogP contribution is -2.47. The predicted octanol–water partition coefficient (Wildman–Crippen LogP) is 1.36.